The molecule has 0 atom stereocenters. The van der Waals surface area contributed by atoms with Gasteiger partial charge in [-0.05, 0) is 30.3 Å². The van der Waals surface area contributed by atoms with Crippen LogP contribution in [0.3, 0.4) is 0 Å². The van der Waals surface area contributed by atoms with Gasteiger partial charge < -0.3 is 5.73 Å². The Kier molecular flexibility index (Phi) is 4.03. The fraction of sp³-hybridized carbons (Fsp3) is 0. The first-order valence-electron chi connectivity index (χ1n) is 5.54. The minimum absolute atomic E-state index is 0.148. The lowest BCUT2D eigenvalue weighted by atomic mass is 10.2. The van der Waals surface area contributed by atoms with Crippen LogP contribution >= 0.6 is 11.8 Å². The normalized spacial score (nSPS) is 10.3. The van der Waals surface area contributed by atoms with Crippen molar-refractivity contribution in [3.05, 3.63) is 62.4 Å². The number of rotatable bonds is 4. The Morgan fingerprint density at radius 3 is 2.10 bits per heavy atom. The van der Waals surface area contributed by atoms with E-state index in [0.717, 1.165) is 17.8 Å². The zero-order valence-electron chi connectivity index (χ0n) is 10.4. The Morgan fingerprint density at radius 2 is 1.57 bits per heavy atom. The Labute approximate surface area is 121 Å². The van der Waals surface area contributed by atoms with Crippen molar-refractivity contribution in [2.75, 3.05) is 5.73 Å². The van der Waals surface area contributed by atoms with Crippen LogP contribution in [0.5, 0.6) is 0 Å². The second kappa shape index (κ2) is 5.75. The van der Waals surface area contributed by atoms with Gasteiger partial charge in [0.2, 0.25) is 0 Å². The number of nitrogens with zero attached hydrogens (tertiary/aromatic N) is 2. The Morgan fingerprint density at radius 1 is 1.00 bits per heavy atom. The molecule has 21 heavy (non-hydrogen) atoms. The molecule has 0 unspecified atom stereocenters. The molecule has 9 heteroatoms. The summed E-state index contributed by atoms with van der Waals surface area (Å²) >= 11 is 0.975. The number of benzene rings is 2. The average molecular weight is 309 g/mol. The van der Waals surface area contributed by atoms with E-state index in [1.54, 1.807) is 0 Å². The van der Waals surface area contributed by atoms with Crippen LogP contribution in [0.2, 0.25) is 0 Å². The number of nitrogens with two attached hydrogens (primary N) is 1. The molecule has 2 rings (SSSR count). The molecule has 108 valence electrons. The molecule has 2 aromatic carbocycles. The highest BCUT2D eigenvalue weighted by atomic mass is 32.2. The van der Waals surface area contributed by atoms with E-state index in [4.69, 9.17) is 5.73 Å². The van der Waals surface area contributed by atoms with Crippen LogP contribution in [0, 0.1) is 26.0 Å². The number of halogens is 1. The van der Waals surface area contributed by atoms with Gasteiger partial charge in [0.05, 0.1) is 20.8 Å². The van der Waals surface area contributed by atoms with Crippen LogP contribution in [-0.2, 0) is 0 Å². The van der Waals surface area contributed by atoms with Crippen LogP contribution < -0.4 is 5.73 Å². The van der Waals surface area contributed by atoms with Gasteiger partial charge in [0, 0.05) is 4.90 Å². The standard InChI is InChI=1S/C12H8FN3O4S/c13-7-1-3-8(4-2-7)21-12-5-9(14)10(15(17)18)6-11(12)16(19)20/h1-6H,14H2. The highest BCUT2D eigenvalue weighted by Gasteiger charge is 2.23. The first-order valence-corrected chi connectivity index (χ1v) is 6.36. The summed E-state index contributed by atoms with van der Waals surface area (Å²) in [6.45, 7) is 0. The van der Waals surface area contributed by atoms with Crippen molar-refractivity contribution in [2.45, 2.75) is 9.79 Å². The van der Waals surface area contributed by atoms with Crippen LogP contribution in [0.15, 0.2) is 46.2 Å². The number of nitrogen functional groups attached to an aromatic ring is 1. The predicted molar refractivity (Wildman–Crippen MR) is 74.7 cm³/mol. The highest BCUT2D eigenvalue weighted by Crippen LogP contribution is 2.39. The Balaban J connectivity index is 2.47. The zero-order chi connectivity index (χ0) is 15.6. The molecule has 0 saturated heterocycles. The van der Waals surface area contributed by atoms with Crippen molar-refractivity contribution in [3.8, 4) is 0 Å². The molecule has 0 heterocycles. The first-order chi connectivity index (χ1) is 9.88. The van der Waals surface area contributed by atoms with Crippen LogP contribution in [0.25, 0.3) is 0 Å². The van der Waals surface area contributed by atoms with E-state index >= 15 is 0 Å². The maximum absolute atomic E-state index is 12.8. The molecule has 0 aromatic heterocycles. The van der Waals surface area contributed by atoms with Gasteiger partial charge in [0.15, 0.2) is 0 Å². The van der Waals surface area contributed by atoms with Crippen molar-refractivity contribution >= 4 is 28.8 Å². The van der Waals surface area contributed by atoms with Crippen LogP contribution in [0.4, 0.5) is 21.5 Å². The van der Waals surface area contributed by atoms with Crippen LogP contribution in [-0.4, -0.2) is 9.85 Å². The second-order valence-corrected chi connectivity index (χ2v) is 5.06. The molecule has 0 aliphatic heterocycles. The number of hydrogen-bond acceptors (Lipinski definition) is 6. The average Bonchev–Trinajstić information content (AvgIpc) is 2.40. The Bertz CT molecular complexity index is 721. The minimum atomic E-state index is -0.783. The first kappa shape index (κ1) is 14.7. The summed E-state index contributed by atoms with van der Waals surface area (Å²) in [6.07, 6.45) is 0. The van der Waals surface area contributed by atoms with Gasteiger partial charge in [-0.3, -0.25) is 20.2 Å². The van der Waals surface area contributed by atoms with E-state index in [1.165, 1.54) is 30.3 Å². The van der Waals surface area contributed by atoms with Crippen molar-refractivity contribution < 1.29 is 14.2 Å². The third-order valence-electron chi connectivity index (χ3n) is 2.54. The molecule has 0 spiro atoms. The summed E-state index contributed by atoms with van der Waals surface area (Å²) in [6, 6.07) is 7.31. The lowest BCUT2D eigenvalue weighted by Crippen LogP contribution is -1.99. The smallest absolute Gasteiger partial charge is 0.299 e. The fourth-order valence-electron chi connectivity index (χ4n) is 1.59. The lowest BCUT2D eigenvalue weighted by Gasteiger charge is -2.05. The maximum Gasteiger partial charge on any atom is 0.299 e. The quantitative estimate of drug-likeness (QED) is 0.526. The minimum Gasteiger partial charge on any atom is -0.393 e. The molecule has 0 radical (unpaired) electrons. The molecule has 0 aliphatic carbocycles. The van der Waals surface area contributed by atoms with Crippen molar-refractivity contribution in [3.63, 3.8) is 0 Å². The second-order valence-electron chi connectivity index (χ2n) is 3.95. The molecular weight excluding hydrogens is 301 g/mol. The summed E-state index contributed by atoms with van der Waals surface area (Å²) < 4.78 is 12.8. The van der Waals surface area contributed by atoms with E-state index < -0.39 is 27.0 Å². The van der Waals surface area contributed by atoms with E-state index in [2.05, 4.69) is 0 Å². The van der Waals surface area contributed by atoms with Crippen molar-refractivity contribution in [1.29, 1.82) is 0 Å². The third kappa shape index (κ3) is 3.26. The van der Waals surface area contributed by atoms with Gasteiger partial charge >= 0.3 is 0 Å². The zero-order valence-corrected chi connectivity index (χ0v) is 11.2. The summed E-state index contributed by atoms with van der Waals surface area (Å²) in [5, 5.41) is 21.8. The summed E-state index contributed by atoms with van der Waals surface area (Å²) in [7, 11) is 0. The van der Waals surface area contributed by atoms with Crippen molar-refractivity contribution in [1.82, 2.24) is 0 Å². The third-order valence-corrected chi connectivity index (χ3v) is 3.60. The summed E-state index contributed by atoms with van der Waals surface area (Å²) in [5.41, 5.74) is 4.41. The largest absolute Gasteiger partial charge is 0.393 e. The number of anilines is 1. The lowest BCUT2D eigenvalue weighted by molar-refractivity contribution is -0.395. The van der Waals surface area contributed by atoms with Crippen molar-refractivity contribution in [2.24, 2.45) is 0 Å². The molecule has 0 amide bonds. The van der Waals surface area contributed by atoms with Crippen LogP contribution in [0.1, 0.15) is 0 Å². The number of nitro benzene ring substituents is 2. The van der Waals surface area contributed by atoms with Gasteiger partial charge in [-0.15, -0.1) is 0 Å². The van der Waals surface area contributed by atoms with Gasteiger partial charge in [-0.25, -0.2) is 4.39 Å². The maximum atomic E-state index is 12.8. The van der Waals surface area contributed by atoms with Gasteiger partial charge in [-0.1, -0.05) is 11.8 Å². The molecule has 2 aromatic rings. The molecular formula is C12H8FN3O4S. The highest BCUT2D eigenvalue weighted by molar-refractivity contribution is 7.99. The fourth-order valence-corrected chi connectivity index (χ4v) is 2.54. The molecule has 0 aliphatic rings. The SMILES string of the molecule is Nc1cc(Sc2ccc(F)cc2)c([N+](=O)[O-])cc1[N+](=O)[O-]. The van der Waals surface area contributed by atoms with Gasteiger partial charge in [0.1, 0.15) is 11.5 Å². The number of nitro groups is 2. The predicted octanol–water partition coefficient (Wildman–Crippen LogP) is 3.38. The molecule has 0 fully saturated rings. The molecule has 0 bridgehead atoms. The monoisotopic (exact) mass is 309 g/mol. The molecule has 2 N–H and O–H groups in total. The Hall–Kier alpha value is -2.68. The summed E-state index contributed by atoms with van der Waals surface area (Å²) in [5.74, 6) is -0.433. The van der Waals surface area contributed by atoms with Gasteiger partial charge in [0.25, 0.3) is 11.4 Å². The topological polar surface area (TPSA) is 112 Å². The van der Waals surface area contributed by atoms with E-state index in [1.807, 2.05) is 0 Å². The van der Waals surface area contributed by atoms with E-state index in [0.29, 0.717) is 4.90 Å². The summed E-state index contributed by atoms with van der Waals surface area (Å²) in [4.78, 5) is 21.0. The molecule has 7 nitrogen and oxygen atoms in total. The number of hydrogen-bond donors (Lipinski definition) is 1. The van der Waals surface area contributed by atoms with Gasteiger partial charge in [-0.2, -0.15) is 0 Å². The van der Waals surface area contributed by atoms with E-state index in [9.17, 15) is 24.6 Å². The van der Waals surface area contributed by atoms with E-state index in [-0.39, 0.29) is 10.6 Å². The molecule has 0 saturated carbocycles.